The van der Waals surface area contributed by atoms with E-state index in [0.29, 0.717) is 19.4 Å². The lowest BCUT2D eigenvalue weighted by Crippen LogP contribution is -2.64. The van der Waals surface area contributed by atoms with Crippen LogP contribution < -0.4 is 0 Å². The molecule has 5 heteroatoms. The maximum atomic E-state index is 12.5. The summed E-state index contributed by atoms with van der Waals surface area (Å²) in [6.07, 6.45) is 5.51. The van der Waals surface area contributed by atoms with Gasteiger partial charge in [-0.25, -0.2) is 4.79 Å². The summed E-state index contributed by atoms with van der Waals surface area (Å²) in [6, 6.07) is 0. The number of allylic oxidation sites excluding steroid dienone is 2. The highest BCUT2D eigenvalue weighted by Crippen LogP contribution is 2.71. The second kappa shape index (κ2) is 4.79. The third kappa shape index (κ3) is 1.72. The number of epoxide rings is 1. The van der Waals surface area contributed by atoms with E-state index in [1.165, 1.54) is 6.08 Å². The standard InChI is InChI=1S/C19H24O5/c1-5-6-16(21)24-14-8-15-19(10-22-19)18(14,4)17(3)9-12(20)11(2)7-13(17)23-15/h5-7,13-15H,8-10H2,1-4H3/b6-5+/t13-,14-,15-,17+,18-,19-/m1/s1. The summed E-state index contributed by atoms with van der Waals surface area (Å²) in [7, 11) is 0. The zero-order chi connectivity index (χ0) is 17.3. The summed E-state index contributed by atoms with van der Waals surface area (Å²) >= 11 is 0. The molecule has 24 heavy (non-hydrogen) atoms. The average Bonchev–Trinajstić information content (AvgIpc) is 3.27. The van der Waals surface area contributed by atoms with Crippen LogP contribution in [0.2, 0.25) is 0 Å². The Morgan fingerprint density at radius 1 is 1.42 bits per heavy atom. The Hall–Kier alpha value is -1.46. The Balaban J connectivity index is 1.78. The van der Waals surface area contributed by atoms with Gasteiger partial charge in [0.1, 0.15) is 11.7 Å². The Bertz CT molecular complexity index is 673. The van der Waals surface area contributed by atoms with E-state index < -0.39 is 16.4 Å². The Kier molecular flexibility index (Phi) is 3.20. The minimum atomic E-state index is -0.450. The number of esters is 1. The number of hydrogen-bond acceptors (Lipinski definition) is 5. The van der Waals surface area contributed by atoms with Crippen molar-refractivity contribution in [3.8, 4) is 0 Å². The maximum absolute atomic E-state index is 12.5. The van der Waals surface area contributed by atoms with Crippen LogP contribution in [0.15, 0.2) is 23.8 Å². The first-order chi connectivity index (χ1) is 11.3. The summed E-state index contributed by atoms with van der Waals surface area (Å²) in [6.45, 7) is 8.43. The molecule has 4 aliphatic rings. The molecule has 5 nitrogen and oxygen atoms in total. The van der Waals surface area contributed by atoms with Crippen LogP contribution in [0, 0.1) is 10.8 Å². The fourth-order valence-electron chi connectivity index (χ4n) is 5.21. The van der Waals surface area contributed by atoms with E-state index in [2.05, 4.69) is 13.8 Å². The van der Waals surface area contributed by atoms with Gasteiger partial charge in [-0.15, -0.1) is 0 Å². The molecule has 0 aromatic rings. The highest BCUT2D eigenvalue weighted by Gasteiger charge is 2.82. The van der Waals surface area contributed by atoms with Crippen LogP contribution in [-0.4, -0.2) is 42.3 Å². The van der Waals surface area contributed by atoms with Gasteiger partial charge >= 0.3 is 5.97 Å². The third-order valence-corrected chi connectivity index (χ3v) is 6.98. The van der Waals surface area contributed by atoms with Gasteiger partial charge in [0.05, 0.1) is 18.8 Å². The van der Waals surface area contributed by atoms with E-state index in [-0.39, 0.29) is 30.1 Å². The predicted molar refractivity (Wildman–Crippen MR) is 86.3 cm³/mol. The van der Waals surface area contributed by atoms with Crippen LogP contribution in [0.25, 0.3) is 0 Å². The van der Waals surface area contributed by atoms with Crippen LogP contribution in [0.5, 0.6) is 0 Å². The van der Waals surface area contributed by atoms with E-state index in [0.717, 1.165) is 5.57 Å². The predicted octanol–water partition coefficient (Wildman–Crippen LogP) is 2.35. The zero-order valence-corrected chi connectivity index (χ0v) is 14.6. The first kappa shape index (κ1) is 16.0. The van der Waals surface area contributed by atoms with Gasteiger partial charge in [-0.3, -0.25) is 4.79 Å². The molecule has 130 valence electrons. The van der Waals surface area contributed by atoms with E-state index >= 15 is 0 Å². The van der Waals surface area contributed by atoms with Gasteiger partial charge in [0.25, 0.3) is 0 Å². The Morgan fingerprint density at radius 2 is 2.12 bits per heavy atom. The highest BCUT2D eigenvalue weighted by molar-refractivity contribution is 5.96. The molecule has 6 atom stereocenters. The van der Waals surface area contributed by atoms with Crippen molar-refractivity contribution in [2.24, 2.45) is 10.8 Å². The lowest BCUT2D eigenvalue weighted by Gasteiger charge is -2.56. The number of hydrogen-bond donors (Lipinski definition) is 0. The molecule has 4 rings (SSSR count). The van der Waals surface area contributed by atoms with Crippen LogP contribution in [0.4, 0.5) is 0 Å². The molecular formula is C19H24O5. The molecule has 0 unspecified atom stereocenters. The van der Waals surface area contributed by atoms with E-state index in [4.69, 9.17) is 14.2 Å². The van der Waals surface area contributed by atoms with Crippen molar-refractivity contribution in [2.75, 3.05) is 6.61 Å². The molecule has 0 radical (unpaired) electrons. The van der Waals surface area contributed by atoms with Crippen molar-refractivity contribution in [1.29, 1.82) is 0 Å². The summed E-state index contributed by atoms with van der Waals surface area (Å²) < 4.78 is 18.1. The lowest BCUT2D eigenvalue weighted by atomic mass is 9.52. The molecule has 3 fully saturated rings. The molecule has 2 aliphatic carbocycles. The molecule has 2 heterocycles. The van der Waals surface area contributed by atoms with Crippen molar-refractivity contribution >= 4 is 11.8 Å². The molecular weight excluding hydrogens is 308 g/mol. The Labute approximate surface area is 142 Å². The van der Waals surface area contributed by atoms with E-state index in [1.54, 1.807) is 13.0 Å². The normalized spacial score (nSPS) is 49.2. The van der Waals surface area contributed by atoms with Gasteiger partial charge < -0.3 is 14.2 Å². The minimum Gasteiger partial charge on any atom is -0.458 e. The fraction of sp³-hybridized carbons (Fsp3) is 0.684. The number of rotatable bonds is 2. The zero-order valence-electron chi connectivity index (χ0n) is 14.6. The van der Waals surface area contributed by atoms with Crippen molar-refractivity contribution in [3.05, 3.63) is 23.8 Å². The average molecular weight is 332 g/mol. The molecule has 1 spiro atoms. The van der Waals surface area contributed by atoms with Gasteiger partial charge in [0.2, 0.25) is 0 Å². The quantitative estimate of drug-likeness (QED) is 0.441. The summed E-state index contributed by atoms with van der Waals surface area (Å²) in [5.74, 6) is -0.209. The van der Waals surface area contributed by atoms with Gasteiger partial charge in [-0.1, -0.05) is 19.9 Å². The molecule has 2 bridgehead atoms. The molecule has 0 aromatic heterocycles. The molecule has 0 aromatic carbocycles. The highest BCUT2D eigenvalue weighted by atomic mass is 16.6. The second-order valence-electron chi connectivity index (χ2n) is 7.95. The number of Topliss-reactive ketones (excluding diaryl/α,β-unsaturated/α-hetero) is 1. The smallest absolute Gasteiger partial charge is 0.330 e. The monoisotopic (exact) mass is 332 g/mol. The number of carbonyl (C=O) groups is 2. The van der Waals surface area contributed by atoms with Crippen molar-refractivity contribution in [2.45, 2.75) is 64.4 Å². The largest absolute Gasteiger partial charge is 0.458 e. The first-order valence-corrected chi connectivity index (χ1v) is 8.63. The van der Waals surface area contributed by atoms with Crippen molar-refractivity contribution < 1.29 is 23.8 Å². The maximum Gasteiger partial charge on any atom is 0.330 e. The van der Waals surface area contributed by atoms with Crippen LogP contribution in [-0.2, 0) is 23.8 Å². The number of ether oxygens (including phenoxy) is 3. The van der Waals surface area contributed by atoms with Crippen LogP contribution in [0.1, 0.15) is 40.5 Å². The molecule has 0 N–H and O–H groups in total. The first-order valence-electron chi connectivity index (χ1n) is 8.63. The summed E-state index contributed by atoms with van der Waals surface area (Å²) in [5, 5.41) is 0. The second-order valence-corrected chi connectivity index (χ2v) is 7.95. The van der Waals surface area contributed by atoms with E-state index in [9.17, 15) is 9.59 Å². The minimum absolute atomic E-state index is 0.0961. The SMILES string of the molecule is C/C=C/C(=O)O[C@@H]1C[C@H]2O[C@@H]3C=C(C)C(=O)C[C@]3(C)[C@]1(C)[C@@]21CO1. The van der Waals surface area contributed by atoms with Crippen molar-refractivity contribution in [3.63, 3.8) is 0 Å². The summed E-state index contributed by atoms with van der Waals surface area (Å²) in [4.78, 5) is 24.5. The number of fused-ring (bicyclic) bond motifs is 2. The van der Waals surface area contributed by atoms with Gasteiger partial charge in [-0.05, 0) is 25.5 Å². The topological polar surface area (TPSA) is 65.1 Å². The third-order valence-electron chi connectivity index (χ3n) is 6.98. The lowest BCUT2D eigenvalue weighted by molar-refractivity contribution is -0.208. The van der Waals surface area contributed by atoms with Crippen molar-refractivity contribution in [1.82, 2.24) is 0 Å². The number of carbonyl (C=O) groups excluding carboxylic acids is 2. The molecule has 0 amide bonds. The van der Waals surface area contributed by atoms with Crippen LogP contribution in [0.3, 0.4) is 0 Å². The molecule has 2 saturated heterocycles. The number of ketones is 1. The molecule has 1 saturated carbocycles. The molecule has 2 aliphatic heterocycles. The van der Waals surface area contributed by atoms with E-state index in [1.807, 2.05) is 13.0 Å². The fourth-order valence-corrected chi connectivity index (χ4v) is 5.21. The van der Waals surface area contributed by atoms with Gasteiger partial charge in [0.15, 0.2) is 5.78 Å². The Morgan fingerprint density at radius 3 is 2.75 bits per heavy atom. The van der Waals surface area contributed by atoms with Gasteiger partial charge in [-0.2, -0.15) is 0 Å². The van der Waals surface area contributed by atoms with Crippen LogP contribution >= 0.6 is 0 Å². The summed E-state index contributed by atoms with van der Waals surface area (Å²) in [5.41, 5.74) is -0.569. The van der Waals surface area contributed by atoms with Gasteiger partial charge in [0, 0.05) is 29.7 Å².